The van der Waals surface area contributed by atoms with Crippen LogP contribution in [0.5, 0.6) is 0 Å². The number of aromatic nitrogens is 1. The van der Waals surface area contributed by atoms with Crippen molar-refractivity contribution in [3.8, 4) is 11.5 Å². The number of hydrogen-bond donors (Lipinski definition) is 1. The number of amides is 1. The fourth-order valence-corrected chi connectivity index (χ4v) is 3.05. The average molecular weight is 373 g/mol. The molecule has 1 aliphatic carbocycles. The molecule has 25 heavy (non-hydrogen) atoms. The molecule has 1 heterocycles. The largest absolute Gasteiger partial charge is 0.440 e. The molecule has 126 valence electrons. The number of carbonyl (C=O) groups excluding carboxylic acids is 1. The zero-order valence-electron chi connectivity index (χ0n) is 13.1. The highest BCUT2D eigenvalue weighted by Crippen LogP contribution is 2.43. The van der Waals surface area contributed by atoms with Crippen LogP contribution in [0.15, 0.2) is 52.9 Å². The number of anilines is 1. The maximum Gasteiger partial charge on any atom is 0.277 e. The van der Waals surface area contributed by atoms with Gasteiger partial charge in [0.15, 0.2) is 5.69 Å². The summed E-state index contributed by atoms with van der Waals surface area (Å²) in [6.45, 7) is 0. The molecule has 0 atom stereocenters. The van der Waals surface area contributed by atoms with Gasteiger partial charge < -0.3 is 9.73 Å². The third kappa shape index (κ3) is 3.41. The lowest BCUT2D eigenvalue weighted by Crippen LogP contribution is -2.14. The van der Waals surface area contributed by atoms with Crippen LogP contribution in [0, 0.1) is 0 Å². The molecule has 3 aromatic rings. The lowest BCUT2D eigenvalue weighted by atomic mass is 10.2. The molecule has 6 heteroatoms. The van der Waals surface area contributed by atoms with Crippen molar-refractivity contribution in [3.05, 3.63) is 70.0 Å². The van der Waals surface area contributed by atoms with Gasteiger partial charge in [-0.05, 0) is 43.2 Å². The third-order valence-electron chi connectivity index (χ3n) is 4.02. The lowest BCUT2D eigenvalue weighted by molar-refractivity contribution is 0.102. The molecule has 1 saturated carbocycles. The van der Waals surface area contributed by atoms with Crippen LogP contribution >= 0.6 is 23.2 Å². The predicted octanol–water partition coefficient (Wildman–Crippen LogP) is 5.78. The van der Waals surface area contributed by atoms with Gasteiger partial charge in [0, 0.05) is 16.5 Å². The molecular formula is C19H14Cl2N2O2. The first-order valence-corrected chi connectivity index (χ1v) is 8.70. The summed E-state index contributed by atoms with van der Waals surface area (Å²) in [7, 11) is 0. The minimum absolute atomic E-state index is 0.256. The molecule has 0 saturated heterocycles. The first-order valence-electron chi connectivity index (χ1n) is 7.94. The first kappa shape index (κ1) is 16.2. The highest BCUT2D eigenvalue weighted by atomic mass is 35.5. The molecule has 4 rings (SSSR count). The van der Waals surface area contributed by atoms with E-state index in [1.165, 1.54) is 0 Å². The summed E-state index contributed by atoms with van der Waals surface area (Å²) in [4.78, 5) is 17.2. The van der Waals surface area contributed by atoms with E-state index in [2.05, 4.69) is 10.3 Å². The number of benzene rings is 2. The van der Waals surface area contributed by atoms with Crippen LogP contribution in [0.2, 0.25) is 10.0 Å². The van der Waals surface area contributed by atoms with Crippen molar-refractivity contribution in [1.29, 1.82) is 0 Å². The summed E-state index contributed by atoms with van der Waals surface area (Å²) < 4.78 is 5.91. The molecule has 1 amide bonds. The van der Waals surface area contributed by atoms with Crippen molar-refractivity contribution >= 4 is 34.8 Å². The van der Waals surface area contributed by atoms with Crippen LogP contribution in [0.25, 0.3) is 11.5 Å². The summed E-state index contributed by atoms with van der Waals surface area (Å²) in [6.07, 6.45) is 2.01. The van der Waals surface area contributed by atoms with Gasteiger partial charge in [-0.2, -0.15) is 0 Å². The quantitative estimate of drug-likeness (QED) is 0.631. The van der Waals surface area contributed by atoms with E-state index in [4.69, 9.17) is 27.6 Å². The van der Waals surface area contributed by atoms with E-state index >= 15 is 0 Å². The van der Waals surface area contributed by atoms with E-state index in [0.29, 0.717) is 33.1 Å². The standard InChI is InChI=1S/C19H14Cl2N2O2/c20-13-8-9-15(14(21)10-13)22-18(24)16-17(11-6-7-11)25-19(23-16)12-4-2-1-3-5-12/h1-5,8-11H,6-7H2,(H,22,24). The molecule has 0 spiro atoms. The van der Waals surface area contributed by atoms with E-state index < -0.39 is 0 Å². The summed E-state index contributed by atoms with van der Waals surface area (Å²) in [5.74, 6) is 1.01. The topological polar surface area (TPSA) is 55.1 Å². The second-order valence-corrected chi connectivity index (χ2v) is 6.79. The van der Waals surface area contributed by atoms with Gasteiger partial charge in [-0.25, -0.2) is 4.98 Å². The highest BCUT2D eigenvalue weighted by molar-refractivity contribution is 6.36. The smallest absolute Gasteiger partial charge is 0.277 e. The van der Waals surface area contributed by atoms with Crippen LogP contribution in [-0.4, -0.2) is 10.9 Å². The van der Waals surface area contributed by atoms with Crippen LogP contribution in [0.3, 0.4) is 0 Å². The van der Waals surface area contributed by atoms with E-state index in [1.54, 1.807) is 18.2 Å². The van der Waals surface area contributed by atoms with Crippen molar-refractivity contribution in [2.75, 3.05) is 5.32 Å². The number of rotatable bonds is 4. The maximum atomic E-state index is 12.7. The SMILES string of the molecule is O=C(Nc1ccc(Cl)cc1Cl)c1nc(-c2ccccc2)oc1C1CC1. The number of oxazole rings is 1. The van der Waals surface area contributed by atoms with E-state index in [0.717, 1.165) is 18.4 Å². The number of hydrogen-bond acceptors (Lipinski definition) is 3. The highest BCUT2D eigenvalue weighted by Gasteiger charge is 2.34. The molecule has 0 aliphatic heterocycles. The van der Waals surface area contributed by atoms with Gasteiger partial charge in [-0.3, -0.25) is 4.79 Å². The Morgan fingerprint density at radius 3 is 2.56 bits per heavy atom. The van der Waals surface area contributed by atoms with Gasteiger partial charge in [-0.15, -0.1) is 0 Å². The Hall–Kier alpha value is -2.30. The molecule has 4 nitrogen and oxygen atoms in total. The molecule has 0 bridgehead atoms. The Morgan fingerprint density at radius 1 is 1.12 bits per heavy atom. The van der Waals surface area contributed by atoms with Gasteiger partial charge in [0.2, 0.25) is 5.89 Å². The van der Waals surface area contributed by atoms with E-state index in [1.807, 2.05) is 30.3 Å². The fourth-order valence-electron chi connectivity index (χ4n) is 2.59. The predicted molar refractivity (Wildman–Crippen MR) is 98.3 cm³/mol. The van der Waals surface area contributed by atoms with Crippen LogP contribution < -0.4 is 5.32 Å². The molecule has 0 unspecified atom stereocenters. The molecule has 1 fully saturated rings. The molecule has 1 aliphatic rings. The zero-order valence-corrected chi connectivity index (χ0v) is 14.6. The summed E-state index contributed by atoms with van der Waals surface area (Å²) in [5, 5.41) is 3.67. The summed E-state index contributed by atoms with van der Waals surface area (Å²) in [6, 6.07) is 14.5. The normalized spacial score (nSPS) is 13.7. The van der Waals surface area contributed by atoms with Crippen molar-refractivity contribution in [2.45, 2.75) is 18.8 Å². The minimum Gasteiger partial charge on any atom is -0.440 e. The van der Waals surface area contributed by atoms with Gasteiger partial charge in [0.05, 0.1) is 10.7 Å². The van der Waals surface area contributed by atoms with Gasteiger partial charge in [0.1, 0.15) is 5.76 Å². The van der Waals surface area contributed by atoms with Gasteiger partial charge in [0.25, 0.3) is 5.91 Å². The Balaban J connectivity index is 1.66. The molecule has 1 aromatic heterocycles. The minimum atomic E-state index is -0.336. The summed E-state index contributed by atoms with van der Waals surface area (Å²) in [5.41, 5.74) is 1.64. The maximum absolute atomic E-state index is 12.7. The molecule has 0 radical (unpaired) electrons. The average Bonchev–Trinajstić information content (AvgIpc) is 3.36. The first-order chi connectivity index (χ1) is 12.1. The second kappa shape index (κ2) is 6.54. The van der Waals surface area contributed by atoms with E-state index in [9.17, 15) is 4.79 Å². The Labute approximate surface area is 154 Å². The third-order valence-corrected chi connectivity index (χ3v) is 4.56. The Bertz CT molecular complexity index is 934. The van der Waals surface area contributed by atoms with Gasteiger partial charge in [-0.1, -0.05) is 41.4 Å². The monoisotopic (exact) mass is 372 g/mol. The Kier molecular flexibility index (Phi) is 4.24. The fraction of sp³-hybridized carbons (Fsp3) is 0.158. The van der Waals surface area contributed by atoms with Crippen LogP contribution in [-0.2, 0) is 0 Å². The summed E-state index contributed by atoms with van der Waals surface area (Å²) >= 11 is 12.0. The lowest BCUT2D eigenvalue weighted by Gasteiger charge is -2.06. The Morgan fingerprint density at radius 2 is 1.88 bits per heavy atom. The number of halogens is 2. The van der Waals surface area contributed by atoms with Crippen molar-refractivity contribution < 1.29 is 9.21 Å². The van der Waals surface area contributed by atoms with Crippen LogP contribution in [0.4, 0.5) is 5.69 Å². The molecule has 1 N–H and O–H groups in total. The number of nitrogens with one attached hydrogen (secondary N) is 1. The van der Waals surface area contributed by atoms with Crippen molar-refractivity contribution in [2.24, 2.45) is 0 Å². The van der Waals surface area contributed by atoms with Crippen molar-refractivity contribution in [3.63, 3.8) is 0 Å². The number of carbonyl (C=O) groups is 1. The molecular weight excluding hydrogens is 359 g/mol. The van der Waals surface area contributed by atoms with Crippen LogP contribution in [0.1, 0.15) is 35.0 Å². The van der Waals surface area contributed by atoms with Gasteiger partial charge >= 0.3 is 0 Å². The number of nitrogens with zero attached hydrogens (tertiary/aromatic N) is 1. The zero-order chi connectivity index (χ0) is 17.4. The van der Waals surface area contributed by atoms with E-state index in [-0.39, 0.29) is 11.8 Å². The second-order valence-electron chi connectivity index (χ2n) is 5.95. The molecule has 2 aromatic carbocycles. The van der Waals surface area contributed by atoms with Crippen molar-refractivity contribution in [1.82, 2.24) is 4.98 Å².